The maximum Gasteiger partial charge on any atom is 0.346 e. The van der Waals surface area contributed by atoms with E-state index in [9.17, 15) is 14.3 Å². The molecule has 10 heteroatoms. The van der Waals surface area contributed by atoms with Gasteiger partial charge in [-0.3, -0.25) is 0 Å². The molecule has 0 bridgehead atoms. The Morgan fingerprint density at radius 2 is 2.07 bits per heavy atom. The molecule has 2 aromatic heterocycles. The average Bonchev–Trinajstić information content (AvgIpc) is 2.98. The number of halogens is 2. The van der Waals surface area contributed by atoms with Crippen molar-refractivity contribution in [2.75, 3.05) is 17.2 Å². The molecule has 0 saturated carbocycles. The van der Waals surface area contributed by atoms with Crippen LogP contribution in [0, 0.1) is 5.82 Å². The fourth-order valence-corrected chi connectivity index (χ4v) is 3.38. The molecule has 2 heterocycles. The number of phenolic OH excluding ortho intramolecular Hbond substituents is 1. The number of aromatic nitrogens is 3. The molecule has 0 aliphatic carbocycles. The van der Waals surface area contributed by atoms with Crippen molar-refractivity contribution in [3.05, 3.63) is 45.8 Å². The molecule has 3 aromatic rings. The van der Waals surface area contributed by atoms with Gasteiger partial charge in [0.2, 0.25) is 0 Å². The lowest BCUT2D eigenvalue weighted by atomic mass is 10.1. The van der Waals surface area contributed by atoms with Gasteiger partial charge in [-0.05, 0) is 61.8 Å². The summed E-state index contributed by atoms with van der Waals surface area (Å²) in [6.45, 7) is 7.87. The topological polar surface area (TPSA) is 106 Å². The highest BCUT2D eigenvalue weighted by Gasteiger charge is 2.26. The molecule has 0 amide bonds. The maximum absolute atomic E-state index is 13.9. The lowest BCUT2D eigenvalue weighted by Gasteiger charge is -2.23. The molecule has 0 aliphatic rings. The number of ether oxygens (including phenoxy) is 1. The number of esters is 1. The molecule has 0 spiro atoms. The predicted molar refractivity (Wildman–Crippen MR) is 115 cm³/mol. The first-order valence-electron chi connectivity index (χ1n) is 9.30. The number of nitrogen functional groups attached to an aromatic ring is 1. The van der Waals surface area contributed by atoms with Crippen molar-refractivity contribution in [1.29, 1.82) is 0 Å². The third-order valence-corrected chi connectivity index (χ3v) is 5.18. The SMILES string of the molecule is CCN(Cc1c(O)ccc(F)c1Br)c1ccn2nc(N)c(C(=O)OC(C)(C)C)c2n1. The number of nitrogens with zero attached hydrogens (tertiary/aromatic N) is 4. The van der Waals surface area contributed by atoms with Crippen LogP contribution in [0.1, 0.15) is 43.6 Å². The first-order chi connectivity index (χ1) is 14.0. The van der Waals surface area contributed by atoms with Gasteiger partial charge in [-0.2, -0.15) is 0 Å². The molecule has 0 unspecified atom stereocenters. The van der Waals surface area contributed by atoms with Gasteiger partial charge in [-0.15, -0.1) is 5.10 Å². The van der Waals surface area contributed by atoms with Gasteiger partial charge in [0.25, 0.3) is 0 Å². The molecule has 160 valence electrons. The number of aromatic hydroxyl groups is 1. The summed E-state index contributed by atoms with van der Waals surface area (Å²) in [6.07, 6.45) is 1.63. The second-order valence-corrected chi connectivity index (χ2v) is 8.48. The zero-order valence-electron chi connectivity index (χ0n) is 17.1. The van der Waals surface area contributed by atoms with Crippen LogP contribution in [-0.2, 0) is 11.3 Å². The maximum atomic E-state index is 13.9. The molecule has 0 atom stereocenters. The van der Waals surface area contributed by atoms with Gasteiger partial charge >= 0.3 is 5.97 Å². The van der Waals surface area contributed by atoms with Crippen LogP contribution in [0.2, 0.25) is 0 Å². The average molecular weight is 480 g/mol. The molecule has 0 aliphatic heterocycles. The molecule has 8 nitrogen and oxygen atoms in total. The van der Waals surface area contributed by atoms with Gasteiger partial charge in [0, 0.05) is 24.8 Å². The molecule has 0 fully saturated rings. The highest BCUT2D eigenvalue weighted by molar-refractivity contribution is 9.10. The normalized spacial score (nSPS) is 11.7. The number of fused-ring (bicyclic) bond motifs is 1. The van der Waals surface area contributed by atoms with Crippen molar-refractivity contribution >= 4 is 39.2 Å². The Balaban J connectivity index is 2.02. The van der Waals surface area contributed by atoms with Gasteiger partial charge in [0.05, 0.1) is 4.47 Å². The molecular formula is C20H23BrFN5O3. The first-order valence-corrected chi connectivity index (χ1v) is 10.1. The number of rotatable bonds is 5. The van der Waals surface area contributed by atoms with Crippen LogP contribution < -0.4 is 10.6 Å². The second-order valence-electron chi connectivity index (χ2n) is 7.69. The molecule has 3 rings (SSSR count). The summed E-state index contributed by atoms with van der Waals surface area (Å²) >= 11 is 3.19. The van der Waals surface area contributed by atoms with E-state index >= 15 is 0 Å². The van der Waals surface area contributed by atoms with Crippen molar-refractivity contribution in [2.24, 2.45) is 0 Å². The quantitative estimate of drug-likeness (QED) is 0.534. The molecule has 0 saturated heterocycles. The van der Waals surface area contributed by atoms with Crippen molar-refractivity contribution in [3.8, 4) is 5.75 Å². The first kappa shape index (κ1) is 21.8. The minimum absolute atomic E-state index is 0.0162. The van der Waals surface area contributed by atoms with Crippen LogP contribution in [0.4, 0.5) is 16.0 Å². The Kier molecular flexibility index (Phi) is 5.89. The summed E-state index contributed by atoms with van der Waals surface area (Å²) in [6, 6.07) is 4.19. The Morgan fingerprint density at radius 3 is 2.70 bits per heavy atom. The van der Waals surface area contributed by atoms with Gasteiger partial charge in [-0.25, -0.2) is 18.7 Å². The van der Waals surface area contributed by atoms with E-state index in [0.717, 1.165) is 0 Å². The zero-order chi connectivity index (χ0) is 22.2. The van der Waals surface area contributed by atoms with Gasteiger partial charge in [0.1, 0.15) is 28.5 Å². The number of carbonyl (C=O) groups excluding carboxylic acids is 1. The third kappa shape index (κ3) is 4.33. The summed E-state index contributed by atoms with van der Waals surface area (Å²) in [5.74, 6) is -0.607. The Bertz CT molecular complexity index is 1110. The lowest BCUT2D eigenvalue weighted by molar-refractivity contribution is 0.00728. The van der Waals surface area contributed by atoms with Crippen LogP contribution >= 0.6 is 15.9 Å². The van der Waals surface area contributed by atoms with E-state index in [4.69, 9.17) is 10.5 Å². The standard InChI is InChI=1S/C20H23BrFN5O3/c1-5-26(10-11-13(28)7-6-12(22)16(11)21)14-8-9-27-18(24-14)15(17(23)25-27)19(29)30-20(2,3)4/h6-9,28H,5,10H2,1-4H3,(H2,23,25). The predicted octanol–water partition coefficient (Wildman–Crippen LogP) is 3.90. The minimum Gasteiger partial charge on any atom is -0.508 e. The number of nitrogens with two attached hydrogens (primary N) is 1. The van der Waals surface area contributed by atoms with Crippen LogP contribution in [0.5, 0.6) is 5.75 Å². The van der Waals surface area contributed by atoms with E-state index in [1.54, 1.807) is 33.0 Å². The van der Waals surface area contributed by atoms with Crippen LogP contribution in [0.15, 0.2) is 28.9 Å². The minimum atomic E-state index is -0.702. The fraction of sp³-hybridized carbons (Fsp3) is 0.350. The molecule has 3 N–H and O–H groups in total. The smallest absolute Gasteiger partial charge is 0.346 e. The lowest BCUT2D eigenvalue weighted by Crippen LogP contribution is -2.25. The van der Waals surface area contributed by atoms with Crippen molar-refractivity contribution in [2.45, 2.75) is 39.8 Å². The largest absolute Gasteiger partial charge is 0.508 e. The van der Waals surface area contributed by atoms with E-state index in [1.165, 1.54) is 16.6 Å². The highest BCUT2D eigenvalue weighted by atomic mass is 79.9. The zero-order valence-corrected chi connectivity index (χ0v) is 18.7. The van der Waals surface area contributed by atoms with E-state index in [1.807, 2.05) is 11.8 Å². The third-order valence-electron chi connectivity index (χ3n) is 4.33. The van der Waals surface area contributed by atoms with Crippen LogP contribution in [-0.4, -0.2) is 37.8 Å². The fourth-order valence-electron chi connectivity index (χ4n) is 2.92. The van der Waals surface area contributed by atoms with E-state index in [2.05, 4.69) is 26.0 Å². The Morgan fingerprint density at radius 1 is 1.37 bits per heavy atom. The number of hydrogen-bond acceptors (Lipinski definition) is 7. The monoisotopic (exact) mass is 479 g/mol. The van der Waals surface area contributed by atoms with Gasteiger partial charge in [-0.1, -0.05) is 0 Å². The van der Waals surface area contributed by atoms with E-state index in [-0.39, 0.29) is 33.8 Å². The van der Waals surface area contributed by atoms with Gasteiger partial charge < -0.3 is 20.5 Å². The van der Waals surface area contributed by atoms with Crippen LogP contribution in [0.3, 0.4) is 0 Å². The van der Waals surface area contributed by atoms with E-state index < -0.39 is 17.4 Å². The molecule has 30 heavy (non-hydrogen) atoms. The van der Waals surface area contributed by atoms with E-state index in [0.29, 0.717) is 17.9 Å². The number of benzene rings is 1. The summed E-state index contributed by atoms with van der Waals surface area (Å²) in [4.78, 5) is 19.0. The number of phenols is 1. The summed E-state index contributed by atoms with van der Waals surface area (Å²) in [5.41, 5.74) is 5.96. The number of carbonyl (C=O) groups is 1. The van der Waals surface area contributed by atoms with Crippen LogP contribution in [0.25, 0.3) is 5.65 Å². The van der Waals surface area contributed by atoms with Crippen molar-refractivity contribution in [1.82, 2.24) is 14.6 Å². The Hall–Kier alpha value is -2.88. The van der Waals surface area contributed by atoms with Gasteiger partial charge in [0.15, 0.2) is 11.5 Å². The number of hydrogen-bond donors (Lipinski definition) is 2. The second kappa shape index (κ2) is 8.10. The van der Waals surface area contributed by atoms with Crippen molar-refractivity contribution < 1.29 is 19.0 Å². The summed E-state index contributed by atoms with van der Waals surface area (Å²) in [7, 11) is 0. The summed E-state index contributed by atoms with van der Waals surface area (Å²) < 4.78 is 21.0. The molecular weight excluding hydrogens is 457 g/mol. The number of anilines is 2. The van der Waals surface area contributed by atoms with Crippen molar-refractivity contribution in [3.63, 3.8) is 0 Å². The molecule has 0 radical (unpaired) electrons. The highest BCUT2D eigenvalue weighted by Crippen LogP contribution is 2.31. The molecule has 1 aromatic carbocycles. The Labute approximate surface area is 181 Å². The summed E-state index contributed by atoms with van der Waals surface area (Å²) in [5, 5.41) is 14.3.